The van der Waals surface area contributed by atoms with Gasteiger partial charge in [0, 0.05) is 17.7 Å². The summed E-state index contributed by atoms with van der Waals surface area (Å²) in [5, 5.41) is 5.03. The van der Waals surface area contributed by atoms with Crippen molar-refractivity contribution in [3.05, 3.63) is 52.8 Å². The lowest BCUT2D eigenvalue weighted by molar-refractivity contribution is -0.116. The Morgan fingerprint density at radius 1 is 1.40 bits per heavy atom. The van der Waals surface area contributed by atoms with E-state index in [4.69, 9.17) is 21.1 Å². The van der Waals surface area contributed by atoms with Gasteiger partial charge in [-0.1, -0.05) is 23.7 Å². The van der Waals surface area contributed by atoms with Crippen molar-refractivity contribution in [1.29, 1.82) is 0 Å². The minimum Gasteiger partial charge on any atom is -0.493 e. The third kappa shape index (κ3) is 4.12. The number of amides is 1. The van der Waals surface area contributed by atoms with E-state index in [2.05, 4.69) is 10.3 Å². The van der Waals surface area contributed by atoms with Crippen LogP contribution in [0.1, 0.15) is 5.69 Å². The number of halogens is 1. The van der Waals surface area contributed by atoms with E-state index in [9.17, 15) is 4.79 Å². The molecule has 2 aromatic heterocycles. The molecule has 0 spiro atoms. The molecule has 1 amide bonds. The zero-order valence-electron chi connectivity index (χ0n) is 13.4. The molecular weight excluding hydrogens is 362 g/mol. The van der Waals surface area contributed by atoms with Crippen LogP contribution in [0.15, 0.2) is 41.9 Å². The molecule has 0 unspecified atom stereocenters. The molecule has 0 bridgehead atoms. The first-order chi connectivity index (χ1) is 12.2. The Morgan fingerprint density at radius 2 is 2.20 bits per heavy atom. The van der Waals surface area contributed by atoms with Gasteiger partial charge >= 0.3 is 0 Å². The SMILES string of the molecule is COc1ccccc1OCCNC(=O)/C=C/c1c(Cl)nc2sccn12. The molecule has 3 aromatic rings. The number of methoxy groups -OCH3 is 1. The van der Waals surface area contributed by atoms with E-state index < -0.39 is 0 Å². The number of benzene rings is 1. The van der Waals surface area contributed by atoms with Gasteiger partial charge < -0.3 is 14.8 Å². The number of nitrogens with zero attached hydrogens (tertiary/aromatic N) is 2. The third-order valence-electron chi connectivity index (χ3n) is 3.37. The molecule has 2 heterocycles. The molecule has 1 N–H and O–H groups in total. The van der Waals surface area contributed by atoms with Gasteiger partial charge in [-0.15, -0.1) is 11.3 Å². The first-order valence-electron chi connectivity index (χ1n) is 7.52. The molecule has 0 aliphatic carbocycles. The number of nitrogens with one attached hydrogen (secondary N) is 1. The summed E-state index contributed by atoms with van der Waals surface area (Å²) in [6.07, 6.45) is 4.93. The normalized spacial score (nSPS) is 11.1. The number of carbonyl (C=O) groups is 1. The Bertz CT molecular complexity index is 904. The maximum atomic E-state index is 11.9. The van der Waals surface area contributed by atoms with E-state index in [0.29, 0.717) is 35.5 Å². The van der Waals surface area contributed by atoms with Crippen LogP contribution in [0.4, 0.5) is 0 Å². The summed E-state index contributed by atoms with van der Waals surface area (Å²) in [5.74, 6) is 1.06. The quantitative estimate of drug-likeness (QED) is 0.507. The van der Waals surface area contributed by atoms with E-state index >= 15 is 0 Å². The monoisotopic (exact) mass is 377 g/mol. The molecule has 0 saturated carbocycles. The van der Waals surface area contributed by atoms with Crippen LogP contribution in [-0.2, 0) is 4.79 Å². The Balaban J connectivity index is 1.50. The van der Waals surface area contributed by atoms with E-state index in [0.717, 1.165) is 4.96 Å². The molecule has 6 nitrogen and oxygen atoms in total. The largest absolute Gasteiger partial charge is 0.493 e. The average molecular weight is 378 g/mol. The number of fused-ring (bicyclic) bond motifs is 1. The fourth-order valence-electron chi connectivity index (χ4n) is 2.21. The fourth-order valence-corrected chi connectivity index (χ4v) is 3.22. The summed E-state index contributed by atoms with van der Waals surface area (Å²) >= 11 is 7.56. The molecule has 3 rings (SSSR count). The van der Waals surface area contributed by atoms with Gasteiger partial charge in [-0.05, 0) is 18.2 Å². The van der Waals surface area contributed by atoms with Gasteiger partial charge in [0.15, 0.2) is 21.6 Å². The molecule has 0 saturated heterocycles. The van der Waals surface area contributed by atoms with Gasteiger partial charge in [0.1, 0.15) is 6.61 Å². The molecular formula is C17H16ClN3O3S. The topological polar surface area (TPSA) is 64.9 Å². The van der Waals surface area contributed by atoms with Gasteiger partial charge in [-0.2, -0.15) is 0 Å². The standard InChI is InChI=1S/C17H16ClN3O3S/c1-23-13-4-2-3-5-14(13)24-10-8-19-15(22)7-6-12-16(18)20-17-21(12)9-11-25-17/h2-7,9,11H,8,10H2,1H3,(H,19,22)/b7-6+. The Labute approximate surface area is 153 Å². The van der Waals surface area contributed by atoms with Crippen molar-refractivity contribution in [3.8, 4) is 11.5 Å². The van der Waals surface area contributed by atoms with Crippen LogP contribution in [0.5, 0.6) is 11.5 Å². The Morgan fingerprint density at radius 3 is 3.00 bits per heavy atom. The van der Waals surface area contributed by atoms with E-state index in [-0.39, 0.29) is 5.91 Å². The van der Waals surface area contributed by atoms with E-state index in [1.54, 1.807) is 13.2 Å². The highest BCUT2D eigenvalue weighted by Gasteiger charge is 2.08. The predicted octanol–water partition coefficient (Wildman–Crippen LogP) is 3.27. The van der Waals surface area contributed by atoms with Gasteiger partial charge in [0.05, 0.1) is 19.3 Å². The third-order valence-corrected chi connectivity index (χ3v) is 4.41. The maximum absolute atomic E-state index is 11.9. The summed E-state index contributed by atoms with van der Waals surface area (Å²) in [4.78, 5) is 16.9. The lowest BCUT2D eigenvalue weighted by Gasteiger charge is -2.10. The van der Waals surface area contributed by atoms with Gasteiger partial charge in [-0.3, -0.25) is 9.20 Å². The molecule has 130 valence electrons. The number of para-hydroxylation sites is 2. The zero-order valence-corrected chi connectivity index (χ0v) is 15.0. The predicted molar refractivity (Wildman–Crippen MR) is 98.6 cm³/mol. The number of ether oxygens (including phenoxy) is 2. The Kier molecular flexibility index (Phi) is 5.57. The van der Waals surface area contributed by atoms with Gasteiger partial charge in [0.25, 0.3) is 0 Å². The second kappa shape index (κ2) is 8.04. The number of hydrogen-bond acceptors (Lipinski definition) is 5. The van der Waals surface area contributed by atoms with Crippen LogP contribution >= 0.6 is 22.9 Å². The van der Waals surface area contributed by atoms with Gasteiger partial charge in [0.2, 0.25) is 5.91 Å². The first-order valence-corrected chi connectivity index (χ1v) is 8.77. The minimum atomic E-state index is -0.232. The Hall–Kier alpha value is -2.51. The second-order valence-corrected chi connectivity index (χ2v) is 6.20. The van der Waals surface area contributed by atoms with Crippen LogP contribution in [-0.4, -0.2) is 35.6 Å². The zero-order chi connectivity index (χ0) is 17.6. The van der Waals surface area contributed by atoms with Crippen molar-refractivity contribution in [3.63, 3.8) is 0 Å². The number of aromatic nitrogens is 2. The summed E-state index contributed by atoms with van der Waals surface area (Å²) < 4.78 is 12.6. The van der Waals surface area contributed by atoms with Crippen molar-refractivity contribution in [2.24, 2.45) is 0 Å². The van der Waals surface area contributed by atoms with Crippen LogP contribution in [0.25, 0.3) is 11.0 Å². The molecule has 0 aliphatic heterocycles. The highest BCUT2D eigenvalue weighted by atomic mass is 35.5. The highest BCUT2D eigenvalue weighted by molar-refractivity contribution is 7.15. The molecule has 0 fully saturated rings. The van der Waals surface area contributed by atoms with Crippen molar-refractivity contribution < 1.29 is 14.3 Å². The summed E-state index contributed by atoms with van der Waals surface area (Å²) in [7, 11) is 1.58. The summed E-state index contributed by atoms with van der Waals surface area (Å²) in [5.41, 5.74) is 0.679. The molecule has 8 heteroatoms. The van der Waals surface area contributed by atoms with Crippen molar-refractivity contribution in [1.82, 2.24) is 14.7 Å². The van der Waals surface area contributed by atoms with Crippen molar-refractivity contribution in [2.45, 2.75) is 0 Å². The number of rotatable bonds is 7. The number of hydrogen-bond donors (Lipinski definition) is 1. The average Bonchev–Trinajstić information content (AvgIpc) is 3.18. The van der Waals surface area contributed by atoms with E-state index in [1.165, 1.54) is 17.4 Å². The van der Waals surface area contributed by atoms with Crippen LogP contribution in [0.2, 0.25) is 5.15 Å². The van der Waals surface area contributed by atoms with Crippen molar-refractivity contribution in [2.75, 3.05) is 20.3 Å². The first kappa shape index (κ1) is 17.3. The van der Waals surface area contributed by atoms with Crippen molar-refractivity contribution >= 4 is 39.9 Å². The fraction of sp³-hybridized carbons (Fsp3) is 0.176. The molecule has 1 aromatic carbocycles. The summed E-state index contributed by atoms with van der Waals surface area (Å²) in [6.45, 7) is 0.706. The lowest BCUT2D eigenvalue weighted by Crippen LogP contribution is -2.26. The number of carbonyl (C=O) groups excluding carboxylic acids is 1. The molecule has 0 aliphatic rings. The number of thiazole rings is 1. The molecule has 25 heavy (non-hydrogen) atoms. The van der Waals surface area contributed by atoms with Crippen LogP contribution in [0.3, 0.4) is 0 Å². The smallest absolute Gasteiger partial charge is 0.244 e. The van der Waals surface area contributed by atoms with Crippen LogP contribution in [0, 0.1) is 0 Å². The lowest BCUT2D eigenvalue weighted by atomic mass is 10.3. The maximum Gasteiger partial charge on any atom is 0.244 e. The van der Waals surface area contributed by atoms with E-state index in [1.807, 2.05) is 40.2 Å². The number of imidazole rings is 1. The highest BCUT2D eigenvalue weighted by Crippen LogP contribution is 2.25. The van der Waals surface area contributed by atoms with Gasteiger partial charge in [-0.25, -0.2) is 4.98 Å². The molecule has 0 atom stereocenters. The summed E-state index contributed by atoms with van der Waals surface area (Å²) in [6, 6.07) is 7.36. The van der Waals surface area contributed by atoms with Crippen LogP contribution < -0.4 is 14.8 Å². The molecule has 0 radical (unpaired) electrons. The minimum absolute atomic E-state index is 0.232. The second-order valence-electron chi connectivity index (χ2n) is 4.97.